The molecule has 0 fully saturated rings. The van der Waals surface area contributed by atoms with Crippen molar-refractivity contribution in [1.82, 2.24) is 4.98 Å². The van der Waals surface area contributed by atoms with Gasteiger partial charge in [-0.1, -0.05) is 6.07 Å². The molecule has 0 aliphatic rings. The number of benzene rings is 3. The van der Waals surface area contributed by atoms with Crippen molar-refractivity contribution < 1.29 is 23.9 Å². The van der Waals surface area contributed by atoms with Crippen LogP contribution in [0.4, 0.5) is 21.9 Å². The molecule has 1 aromatic heterocycles. The molecule has 10 nitrogen and oxygen atoms in total. The van der Waals surface area contributed by atoms with Gasteiger partial charge in [-0.2, -0.15) is 0 Å². The second kappa shape index (κ2) is 9.74. The van der Waals surface area contributed by atoms with Gasteiger partial charge in [-0.05, 0) is 42.5 Å². The second-order valence-electron chi connectivity index (χ2n) is 7.05. The number of nitrogens with zero attached hydrogens (tertiary/aromatic N) is 2. The molecule has 0 radical (unpaired) electrons. The molecule has 172 valence electrons. The number of ether oxygens (including phenoxy) is 3. The number of carbonyl (C=O) groups is 1. The number of urea groups is 1. The van der Waals surface area contributed by atoms with Crippen LogP contribution in [-0.4, -0.2) is 30.2 Å². The van der Waals surface area contributed by atoms with Crippen LogP contribution in [0.1, 0.15) is 0 Å². The van der Waals surface area contributed by atoms with Gasteiger partial charge in [0, 0.05) is 41.2 Å². The predicted octanol–water partition coefficient (Wildman–Crippen LogP) is 5.60. The van der Waals surface area contributed by atoms with Gasteiger partial charge in [-0.15, -0.1) is 0 Å². The molecular weight excluding hydrogens is 440 g/mol. The van der Waals surface area contributed by atoms with E-state index in [0.717, 1.165) is 5.39 Å². The highest BCUT2D eigenvalue weighted by atomic mass is 16.6. The van der Waals surface area contributed by atoms with Gasteiger partial charge in [0.25, 0.3) is 5.69 Å². The summed E-state index contributed by atoms with van der Waals surface area (Å²) >= 11 is 0. The Hall–Kier alpha value is -4.86. The second-order valence-corrected chi connectivity index (χ2v) is 7.05. The van der Waals surface area contributed by atoms with Crippen molar-refractivity contribution in [3.05, 3.63) is 83.0 Å². The predicted molar refractivity (Wildman–Crippen MR) is 127 cm³/mol. The van der Waals surface area contributed by atoms with Crippen LogP contribution in [0.25, 0.3) is 10.9 Å². The molecule has 0 atom stereocenters. The van der Waals surface area contributed by atoms with Crippen LogP contribution in [-0.2, 0) is 0 Å². The van der Waals surface area contributed by atoms with Crippen molar-refractivity contribution in [3.8, 4) is 23.0 Å². The molecule has 10 heteroatoms. The van der Waals surface area contributed by atoms with Crippen LogP contribution < -0.4 is 24.8 Å². The van der Waals surface area contributed by atoms with E-state index in [1.54, 1.807) is 68.9 Å². The van der Waals surface area contributed by atoms with Crippen LogP contribution in [0.3, 0.4) is 0 Å². The van der Waals surface area contributed by atoms with E-state index in [1.165, 1.54) is 18.2 Å². The number of nitro benzene ring substituents is 1. The van der Waals surface area contributed by atoms with Crippen LogP contribution in [0.5, 0.6) is 23.0 Å². The maximum Gasteiger partial charge on any atom is 0.323 e. The monoisotopic (exact) mass is 460 g/mol. The van der Waals surface area contributed by atoms with Gasteiger partial charge in [0.05, 0.1) is 24.7 Å². The Morgan fingerprint density at radius 2 is 1.59 bits per heavy atom. The minimum Gasteiger partial charge on any atom is -0.493 e. The van der Waals surface area contributed by atoms with Crippen LogP contribution >= 0.6 is 0 Å². The number of pyridine rings is 1. The molecule has 0 unspecified atom stereocenters. The lowest BCUT2D eigenvalue weighted by atomic mass is 10.2. The lowest BCUT2D eigenvalue weighted by Crippen LogP contribution is -2.19. The summed E-state index contributed by atoms with van der Waals surface area (Å²) in [5.74, 6) is 2.25. The Morgan fingerprint density at radius 1 is 0.882 bits per heavy atom. The molecule has 0 saturated heterocycles. The molecule has 0 bridgehead atoms. The average molecular weight is 460 g/mol. The number of hydrogen-bond donors (Lipinski definition) is 2. The maximum atomic E-state index is 12.2. The summed E-state index contributed by atoms with van der Waals surface area (Å²) in [6.07, 6.45) is 1.64. The topological polar surface area (TPSA) is 125 Å². The van der Waals surface area contributed by atoms with Crippen LogP contribution in [0, 0.1) is 10.1 Å². The number of anilines is 2. The number of fused-ring (bicyclic) bond motifs is 1. The molecule has 34 heavy (non-hydrogen) atoms. The summed E-state index contributed by atoms with van der Waals surface area (Å²) in [6.45, 7) is 0. The first kappa shape index (κ1) is 22.3. The third-order valence-corrected chi connectivity index (χ3v) is 4.86. The quantitative estimate of drug-likeness (QED) is 0.272. The number of non-ortho nitro benzene ring substituents is 1. The van der Waals surface area contributed by atoms with E-state index in [0.29, 0.717) is 39.9 Å². The standard InChI is InChI=1S/C24H20N4O6/c1-32-22-13-19-20(14-23(22)33-2)25-11-10-21(19)34-18-8-6-15(7-9-18)26-24(29)27-16-4-3-5-17(12-16)28(30)31/h3-14H,1-2H3,(H2,26,27,29). The molecule has 0 spiro atoms. The largest absolute Gasteiger partial charge is 0.493 e. The van der Waals surface area contributed by atoms with Gasteiger partial charge in [-0.25, -0.2) is 4.79 Å². The van der Waals surface area contributed by atoms with E-state index >= 15 is 0 Å². The molecule has 2 N–H and O–H groups in total. The number of methoxy groups -OCH3 is 2. The summed E-state index contributed by atoms with van der Waals surface area (Å²) in [5, 5.41) is 16.9. The van der Waals surface area contributed by atoms with Crippen molar-refractivity contribution in [3.63, 3.8) is 0 Å². The van der Waals surface area contributed by atoms with Gasteiger partial charge in [0.15, 0.2) is 11.5 Å². The summed E-state index contributed by atoms with van der Waals surface area (Å²) in [4.78, 5) is 27.0. The van der Waals surface area contributed by atoms with Gasteiger partial charge < -0.3 is 24.8 Å². The van der Waals surface area contributed by atoms with E-state index in [2.05, 4.69) is 15.6 Å². The third kappa shape index (κ3) is 4.96. The van der Waals surface area contributed by atoms with Gasteiger partial charge >= 0.3 is 6.03 Å². The number of rotatable bonds is 7. The Morgan fingerprint density at radius 3 is 2.29 bits per heavy atom. The first-order valence-corrected chi connectivity index (χ1v) is 10.1. The van der Waals surface area contributed by atoms with Crippen LogP contribution in [0.2, 0.25) is 0 Å². The molecule has 1 heterocycles. The molecule has 0 saturated carbocycles. The third-order valence-electron chi connectivity index (χ3n) is 4.86. The molecule has 4 aromatic rings. The lowest BCUT2D eigenvalue weighted by molar-refractivity contribution is -0.384. The van der Waals surface area contributed by atoms with E-state index in [9.17, 15) is 14.9 Å². The highest BCUT2D eigenvalue weighted by molar-refractivity contribution is 6.00. The summed E-state index contributed by atoms with van der Waals surface area (Å²) < 4.78 is 16.7. The van der Waals surface area contributed by atoms with Crippen molar-refractivity contribution >= 4 is 34.0 Å². The fraction of sp³-hybridized carbons (Fsp3) is 0.0833. The smallest absolute Gasteiger partial charge is 0.323 e. The molecule has 0 aliphatic heterocycles. The lowest BCUT2D eigenvalue weighted by Gasteiger charge is -2.13. The van der Waals surface area contributed by atoms with E-state index in [-0.39, 0.29) is 5.69 Å². The zero-order valence-electron chi connectivity index (χ0n) is 18.3. The highest BCUT2D eigenvalue weighted by Gasteiger charge is 2.12. The fourth-order valence-electron chi connectivity index (χ4n) is 3.26. The number of nitrogens with one attached hydrogen (secondary N) is 2. The van der Waals surface area contributed by atoms with Crippen molar-refractivity contribution in [1.29, 1.82) is 0 Å². The highest BCUT2D eigenvalue weighted by Crippen LogP contribution is 2.37. The first-order chi connectivity index (χ1) is 16.5. The summed E-state index contributed by atoms with van der Waals surface area (Å²) in [7, 11) is 3.12. The molecule has 2 amide bonds. The minimum atomic E-state index is -0.532. The Labute approximate surface area is 194 Å². The molecule has 3 aromatic carbocycles. The van der Waals surface area contributed by atoms with E-state index < -0.39 is 11.0 Å². The number of hydrogen-bond acceptors (Lipinski definition) is 7. The van der Waals surface area contributed by atoms with Crippen LogP contribution in [0.15, 0.2) is 72.9 Å². The maximum absolute atomic E-state index is 12.2. The molecule has 4 rings (SSSR count). The number of nitro groups is 1. The average Bonchev–Trinajstić information content (AvgIpc) is 2.84. The minimum absolute atomic E-state index is 0.112. The molecular formula is C24H20N4O6. The van der Waals surface area contributed by atoms with Crippen molar-refractivity contribution in [2.24, 2.45) is 0 Å². The zero-order chi connectivity index (χ0) is 24.1. The summed E-state index contributed by atoms with van der Waals surface area (Å²) in [5.41, 5.74) is 1.40. The van der Waals surface area contributed by atoms with Gasteiger partial charge in [0.2, 0.25) is 0 Å². The van der Waals surface area contributed by atoms with E-state index in [1.807, 2.05) is 0 Å². The number of carbonyl (C=O) groups excluding carboxylic acids is 1. The fourth-order valence-corrected chi connectivity index (χ4v) is 3.26. The molecule has 0 aliphatic carbocycles. The van der Waals surface area contributed by atoms with Gasteiger partial charge in [-0.3, -0.25) is 15.1 Å². The SMILES string of the molecule is COc1cc2nccc(Oc3ccc(NC(=O)Nc4cccc([N+](=O)[O-])c4)cc3)c2cc1OC. The summed E-state index contributed by atoms with van der Waals surface area (Å²) in [6, 6.07) is 17.2. The Bertz CT molecular complexity index is 1360. The Kier molecular flexibility index (Phi) is 6.40. The number of aromatic nitrogens is 1. The first-order valence-electron chi connectivity index (χ1n) is 10.1. The normalized spacial score (nSPS) is 10.4. The van der Waals surface area contributed by atoms with Crippen molar-refractivity contribution in [2.45, 2.75) is 0 Å². The van der Waals surface area contributed by atoms with E-state index in [4.69, 9.17) is 14.2 Å². The van der Waals surface area contributed by atoms with Gasteiger partial charge in [0.1, 0.15) is 11.5 Å². The van der Waals surface area contributed by atoms with Crippen molar-refractivity contribution in [2.75, 3.05) is 24.9 Å². The zero-order valence-corrected chi connectivity index (χ0v) is 18.3. The number of amides is 2. The Balaban J connectivity index is 1.46.